The molecular formula is C11H17N3O3S2. The molecule has 1 saturated heterocycles. The van der Waals surface area contributed by atoms with Gasteiger partial charge in [0.1, 0.15) is 0 Å². The fourth-order valence-corrected chi connectivity index (χ4v) is 4.14. The predicted octanol–water partition coefficient (Wildman–Crippen LogP) is 0.220. The van der Waals surface area contributed by atoms with Crippen LogP contribution >= 0.6 is 11.3 Å². The summed E-state index contributed by atoms with van der Waals surface area (Å²) in [6, 6.07) is 1.49. The van der Waals surface area contributed by atoms with Crippen LogP contribution in [0.1, 0.15) is 22.5 Å². The van der Waals surface area contributed by atoms with E-state index in [1.54, 1.807) is 4.90 Å². The van der Waals surface area contributed by atoms with Gasteiger partial charge in [-0.25, -0.2) is 13.1 Å². The topological polar surface area (TPSA) is 92.5 Å². The number of rotatable bonds is 4. The molecule has 106 valence electrons. The molecule has 1 aliphatic rings. The first-order valence-corrected chi connectivity index (χ1v) is 8.39. The van der Waals surface area contributed by atoms with Crippen molar-refractivity contribution >= 4 is 27.3 Å². The number of nitrogens with one attached hydrogen (secondary N) is 1. The van der Waals surface area contributed by atoms with Gasteiger partial charge in [-0.1, -0.05) is 0 Å². The summed E-state index contributed by atoms with van der Waals surface area (Å²) in [4.78, 5) is 14.6. The lowest BCUT2D eigenvalue weighted by Crippen LogP contribution is -2.39. The van der Waals surface area contributed by atoms with E-state index in [0.29, 0.717) is 18.0 Å². The summed E-state index contributed by atoms with van der Waals surface area (Å²) in [5.41, 5.74) is 5.64. The molecule has 1 fully saturated rings. The molecule has 2 heterocycles. The normalized spacial score (nSPS) is 19.9. The minimum atomic E-state index is -3.49. The zero-order valence-corrected chi connectivity index (χ0v) is 12.3. The standard InChI is InChI=1S/C11H17N3O3S2/c1-13-19(16,17)9-5-10(18-7-9)11(15)14-4-2-3-8(14)6-12/h5,7-8,13H,2-4,6,12H2,1H3/t8-/m0/s1. The van der Waals surface area contributed by atoms with Crippen molar-refractivity contribution in [3.63, 3.8) is 0 Å². The van der Waals surface area contributed by atoms with E-state index >= 15 is 0 Å². The van der Waals surface area contributed by atoms with Crippen LogP contribution in [0.4, 0.5) is 0 Å². The van der Waals surface area contributed by atoms with Crippen LogP contribution < -0.4 is 10.5 Å². The third kappa shape index (κ3) is 2.81. The average Bonchev–Trinajstić information content (AvgIpc) is 3.06. The number of sulfonamides is 1. The van der Waals surface area contributed by atoms with Crippen LogP contribution in [0.15, 0.2) is 16.3 Å². The molecule has 1 aromatic heterocycles. The highest BCUT2D eigenvalue weighted by atomic mass is 32.2. The molecule has 2 rings (SSSR count). The van der Waals surface area contributed by atoms with Crippen LogP contribution in [-0.4, -0.2) is 45.4 Å². The minimum absolute atomic E-state index is 0.0685. The van der Waals surface area contributed by atoms with Crippen molar-refractivity contribution in [2.45, 2.75) is 23.8 Å². The van der Waals surface area contributed by atoms with Crippen molar-refractivity contribution < 1.29 is 13.2 Å². The van der Waals surface area contributed by atoms with Crippen LogP contribution in [0.3, 0.4) is 0 Å². The van der Waals surface area contributed by atoms with E-state index in [2.05, 4.69) is 4.72 Å². The minimum Gasteiger partial charge on any atom is -0.334 e. The van der Waals surface area contributed by atoms with E-state index in [0.717, 1.165) is 24.2 Å². The molecule has 0 saturated carbocycles. The molecular weight excluding hydrogens is 286 g/mol. The third-order valence-corrected chi connectivity index (χ3v) is 5.74. The molecule has 1 atom stereocenters. The number of likely N-dealkylation sites (tertiary alicyclic amines) is 1. The Bertz CT molecular complexity index is 567. The molecule has 0 aliphatic carbocycles. The van der Waals surface area contributed by atoms with E-state index in [9.17, 15) is 13.2 Å². The molecule has 0 radical (unpaired) electrons. The van der Waals surface area contributed by atoms with Gasteiger partial charge in [-0.15, -0.1) is 11.3 Å². The van der Waals surface area contributed by atoms with Crippen molar-refractivity contribution in [2.75, 3.05) is 20.1 Å². The molecule has 6 nitrogen and oxygen atoms in total. The number of thiophene rings is 1. The van der Waals surface area contributed by atoms with E-state index in [1.807, 2.05) is 0 Å². The molecule has 3 N–H and O–H groups in total. The maximum atomic E-state index is 12.3. The summed E-state index contributed by atoms with van der Waals surface area (Å²) >= 11 is 1.15. The second-order valence-electron chi connectivity index (χ2n) is 4.38. The fraction of sp³-hybridized carbons (Fsp3) is 0.545. The number of carbonyl (C=O) groups is 1. The second-order valence-corrected chi connectivity index (χ2v) is 7.18. The predicted molar refractivity (Wildman–Crippen MR) is 73.7 cm³/mol. The highest BCUT2D eigenvalue weighted by Gasteiger charge is 2.29. The highest BCUT2D eigenvalue weighted by molar-refractivity contribution is 7.89. The Kier molecular flexibility index (Phi) is 4.24. The Morgan fingerprint density at radius 2 is 2.37 bits per heavy atom. The Morgan fingerprint density at radius 1 is 1.63 bits per heavy atom. The molecule has 19 heavy (non-hydrogen) atoms. The van der Waals surface area contributed by atoms with Crippen molar-refractivity contribution in [3.05, 3.63) is 16.3 Å². The van der Waals surface area contributed by atoms with Crippen LogP contribution in [-0.2, 0) is 10.0 Å². The largest absolute Gasteiger partial charge is 0.334 e. The Hall–Kier alpha value is -0.960. The number of nitrogens with two attached hydrogens (primary N) is 1. The SMILES string of the molecule is CNS(=O)(=O)c1csc(C(=O)N2CCC[C@H]2CN)c1. The first-order chi connectivity index (χ1) is 8.99. The van der Waals surface area contributed by atoms with E-state index in [-0.39, 0.29) is 16.8 Å². The van der Waals surface area contributed by atoms with Crippen LogP contribution in [0.5, 0.6) is 0 Å². The Balaban J connectivity index is 2.21. The lowest BCUT2D eigenvalue weighted by molar-refractivity contribution is 0.0746. The Labute approximate surface area is 116 Å². The van der Waals surface area contributed by atoms with E-state index in [4.69, 9.17) is 5.73 Å². The number of carbonyl (C=O) groups excluding carboxylic acids is 1. The summed E-state index contributed by atoms with van der Waals surface area (Å²) in [5, 5.41) is 1.48. The lowest BCUT2D eigenvalue weighted by atomic mass is 10.2. The second kappa shape index (κ2) is 5.58. The summed E-state index contributed by atoms with van der Waals surface area (Å²) in [6.45, 7) is 1.13. The molecule has 0 aromatic carbocycles. The molecule has 0 bridgehead atoms. The average molecular weight is 303 g/mol. The summed E-state index contributed by atoms with van der Waals surface area (Å²) in [7, 11) is -2.14. The first-order valence-electron chi connectivity index (χ1n) is 6.02. The van der Waals surface area contributed by atoms with Gasteiger partial charge in [-0.3, -0.25) is 4.79 Å². The molecule has 8 heteroatoms. The van der Waals surface area contributed by atoms with Gasteiger partial charge in [-0.2, -0.15) is 0 Å². The summed E-state index contributed by atoms with van der Waals surface area (Å²) in [6.07, 6.45) is 1.86. The van der Waals surface area contributed by atoms with E-state index in [1.165, 1.54) is 18.5 Å². The van der Waals surface area contributed by atoms with Crippen LogP contribution in [0.25, 0.3) is 0 Å². The Morgan fingerprint density at radius 3 is 3.00 bits per heavy atom. The zero-order chi connectivity index (χ0) is 14.0. The van der Waals surface area contributed by atoms with Gasteiger partial charge in [0.15, 0.2) is 0 Å². The van der Waals surface area contributed by atoms with Gasteiger partial charge in [0.05, 0.1) is 9.77 Å². The van der Waals surface area contributed by atoms with Crippen molar-refractivity contribution in [1.82, 2.24) is 9.62 Å². The first kappa shape index (κ1) is 14.4. The fourth-order valence-electron chi connectivity index (χ4n) is 2.18. The van der Waals surface area contributed by atoms with Crippen molar-refractivity contribution in [3.8, 4) is 0 Å². The zero-order valence-electron chi connectivity index (χ0n) is 10.6. The monoisotopic (exact) mass is 303 g/mol. The van der Waals surface area contributed by atoms with Gasteiger partial charge in [-0.05, 0) is 26.0 Å². The van der Waals surface area contributed by atoms with Gasteiger partial charge in [0.2, 0.25) is 10.0 Å². The lowest BCUT2D eigenvalue weighted by Gasteiger charge is -2.22. The molecule has 0 unspecified atom stereocenters. The molecule has 1 aliphatic heterocycles. The quantitative estimate of drug-likeness (QED) is 0.832. The van der Waals surface area contributed by atoms with Gasteiger partial charge >= 0.3 is 0 Å². The number of amides is 1. The van der Waals surface area contributed by atoms with Crippen LogP contribution in [0.2, 0.25) is 0 Å². The maximum absolute atomic E-state index is 12.3. The van der Waals surface area contributed by atoms with Crippen molar-refractivity contribution in [2.24, 2.45) is 5.73 Å². The number of hydrogen-bond acceptors (Lipinski definition) is 5. The highest BCUT2D eigenvalue weighted by Crippen LogP contribution is 2.24. The van der Waals surface area contributed by atoms with E-state index < -0.39 is 10.0 Å². The third-order valence-electron chi connectivity index (χ3n) is 3.28. The number of nitrogens with zero attached hydrogens (tertiary/aromatic N) is 1. The van der Waals surface area contributed by atoms with Crippen molar-refractivity contribution in [1.29, 1.82) is 0 Å². The maximum Gasteiger partial charge on any atom is 0.264 e. The molecule has 0 spiro atoms. The molecule has 1 amide bonds. The van der Waals surface area contributed by atoms with Crippen LogP contribution in [0, 0.1) is 0 Å². The summed E-state index contributed by atoms with van der Waals surface area (Å²) in [5.74, 6) is -0.129. The smallest absolute Gasteiger partial charge is 0.264 e. The molecule has 1 aromatic rings. The summed E-state index contributed by atoms with van der Waals surface area (Å²) < 4.78 is 25.5. The van der Waals surface area contributed by atoms with Gasteiger partial charge in [0.25, 0.3) is 5.91 Å². The van der Waals surface area contributed by atoms with Gasteiger partial charge in [0, 0.05) is 24.5 Å². The number of hydrogen-bond donors (Lipinski definition) is 2. The van der Waals surface area contributed by atoms with Gasteiger partial charge < -0.3 is 10.6 Å².